The van der Waals surface area contributed by atoms with Gasteiger partial charge in [-0.3, -0.25) is 4.68 Å². The molecule has 1 aromatic carbocycles. The molecule has 2 N–H and O–H groups in total. The first-order chi connectivity index (χ1) is 8.20. The molecule has 0 saturated heterocycles. The van der Waals surface area contributed by atoms with E-state index in [1.54, 1.807) is 16.8 Å². The lowest BCUT2D eigenvalue weighted by atomic mass is 9.95. The van der Waals surface area contributed by atoms with Crippen molar-refractivity contribution >= 4 is 0 Å². The van der Waals surface area contributed by atoms with E-state index >= 15 is 0 Å². The summed E-state index contributed by atoms with van der Waals surface area (Å²) >= 11 is 0. The van der Waals surface area contributed by atoms with Crippen molar-refractivity contribution in [1.82, 2.24) is 14.8 Å². The highest BCUT2D eigenvalue weighted by atomic mass is 19.1. The van der Waals surface area contributed by atoms with E-state index in [2.05, 4.69) is 10.1 Å². The maximum atomic E-state index is 12.8. The Kier molecular flexibility index (Phi) is 3.49. The SMILES string of the molecule is Cn1ncnc1CC(CN)c1ccc(F)cc1. The van der Waals surface area contributed by atoms with Crippen LogP contribution in [0.2, 0.25) is 0 Å². The lowest BCUT2D eigenvalue weighted by molar-refractivity contribution is 0.609. The molecule has 0 fully saturated rings. The fourth-order valence-electron chi connectivity index (χ4n) is 1.80. The van der Waals surface area contributed by atoms with Crippen LogP contribution in [0.4, 0.5) is 4.39 Å². The highest BCUT2D eigenvalue weighted by molar-refractivity contribution is 5.21. The molecule has 1 unspecified atom stereocenters. The molecule has 1 heterocycles. The molecule has 1 atom stereocenters. The fraction of sp³-hybridized carbons (Fsp3) is 0.333. The van der Waals surface area contributed by atoms with E-state index in [0.29, 0.717) is 13.0 Å². The largest absolute Gasteiger partial charge is 0.330 e. The van der Waals surface area contributed by atoms with Crippen molar-refractivity contribution in [3.05, 3.63) is 47.8 Å². The van der Waals surface area contributed by atoms with Crippen LogP contribution < -0.4 is 5.73 Å². The van der Waals surface area contributed by atoms with Crippen molar-refractivity contribution in [2.45, 2.75) is 12.3 Å². The van der Waals surface area contributed by atoms with Crippen LogP contribution in [0.5, 0.6) is 0 Å². The molecular formula is C12H15FN4. The van der Waals surface area contributed by atoms with Gasteiger partial charge >= 0.3 is 0 Å². The van der Waals surface area contributed by atoms with Gasteiger partial charge in [-0.2, -0.15) is 5.10 Å². The van der Waals surface area contributed by atoms with Gasteiger partial charge in [0, 0.05) is 19.4 Å². The minimum Gasteiger partial charge on any atom is -0.330 e. The van der Waals surface area contributed by atoms with Gasteiger partial charge in [0.25, 0.3) is 0 Å². The third kappa shape index (κ3) is 2.68. The minimum atomic E-state index is -0.233. The molecule has 0 amide bonds. The maximum absolute atomic E-state index is 12.8. The summed E-state index contributed by atoms with van der Waals surface area (Å²) in [7, 11) is 1.85. The summed E-state index contributed by atoms with van der Waals surface area (Å²) in [6, 6.07) is 6.44. The van der Waals surface area contributed by atoms with Gasteiger partial charge in [0.2, 0.25) is 0 Å². The molecule has 1 aromatic heterocycles. The second-order valence-electron chi connectivity index (χ2n) is 3.99. The molecule has 0 aliphatic carbocycles. The first-order valence-corrected chi connectivity index (χ1v) is 5.49. The van der Waals surface area contributed by atoms with Crippen molar-refractivity contribution in [2.24, 2.45) is 12.8 Å². The van der Waals surface area contributed by atoms with Crippen molar-refractivity contribution in [2.75, 3.05) is 6.54 Å². The van der Waals surface area contributed by atoms with E-state index < -0.39 is 0 Å². The zero-order valence-electron chi connectivity index (χ0n) is 9.68. The monoisotopic (exact) mass is 234 g/mol. The topological polar surface area (TPSA) is 56.7 Å². The molecule has 0 aliphatic heterocycles. The van der Waals surface area contributed by atoms with Gasteiger partial charge in [-0.15, -0.1) is 0 Å². The summed E-state index contributed by atoms with van der Waals surface area (Å²) in [4.78, 5) is 4.17. The van der Waals surface area contributed by atoms with E-state index in [1.807, 2.05) is 7.05 Å². The van der Waals surface area contributed by atoms with Crippen molar-refractivity contribution in [1.29, 1.82) is 0 Å². The summed E-state index contributed by atoms with van der Waals surface area (Å²) in [5.74, 6) is 0.784. The molecular weight excluding hydrogens is 219 g/mol. The zero-order valence-corrected chi connectivity index (χ0v) is 9.68. The van der Waals surface area contributed by atoms with Crippen LogP contribution >= 0.6 is 0 Å². The average Bonchev–Trinajstić information content (AvgIpc) is 2.73. The minimum absolute atomic E-state index is 0.137. The van der Waals surface area contributed by atoms with Crippen LogP contribution in [-0.4, -0.2) is 21.3 Å². The molecule has 4 nitrogen and oxygen atoms in total. The van der Waals surface area contributed by atoms with E-state index in [-0.39, 0.29) is 11.7 Å². The summed E-state index contributed by atoms with van der Waals surface area (Å²) in [6.07, 6.45) is 2.23. The standard InChI is InChI=1S/C12H15FN4/c1-17-12(15-8-16-17)6-10(7-14)9-2-4-11(13)5-3-9/h2-5,8,10H,6-7,14H2,1H3. The van der Waals surface area contributed by atoms with Gasteiger partial charge in [-0.25, -0.2) is 9.37 Å². The summed E-state index contributed by atoms with van der Waals surface area (Å²) in [5.41, 5.74) is 6.78. The predicted octanol–water partition coefficient (Wildman–Crippen LogP) is 1.24. The van der Waals surface area contributed by atoms with Gasteiger partial charge in [-0.1, -0.05) is 12.1 Å². The summed E-state index contributed by atoms with van der Waals surface area (Å²) < 4.78 is 14.6. The smallest absolute Gasteiger partial charge is 0.138 e. The molecule has 0 aliphatic rings. The lowest BCUT2D eigenvalue weighted by Gasteiger charge is -2.14. The normalized spacial score (nSPS) is 12.6. The third-order valence-corrected chi connectivity index (χ3v) is 2.86. The number of aromatic nitrogens is 3. The Hall–Kier alpha value is -1.75. The van der Waals surface area contributed by atoms with E-state index in [1.165, 1.54) is 18.5 Å². The Morgan fingerprint density at radius 2 is 2.06 bits per heavy atom. The number of rotatable bonds is 4. The third-order valence-electron chi connectivity index (χ3n) is 2.86. The number of aryl methyl sites for hydroxylation is 1. The van der Waals surface area contributed by atoms with Crippen molar-refractivity contribution in [3.63, 3.8) is 0 Å². The van der Waals surface area contributed by atoms with Gasteiger partial charge in [0.1, 0.15) is 18.0 Å². The Morgan fingerprint density at radius 3 is 2.59 bits per heavy atom. The number of halogens is 1. The number of hydrogen-bond acceptors (Lipinski definition) is 3. The fourth-order valence-corrected chi connectivity index (χ4v) is 1.80. The number of hydrogen-bond donors (Lipinski definition) is 1. The van der Waals surface area contributed by atoms with Gasteiger partial charge in [0.05, 0.1) is 0 Å². The summed E-state index contributed by atoms with van der Waals surface area (Å²) in [5, 5.41) is 4.02. The van der Waals surface area contributed by atoms with Gasteiger partial charge < -0.3 is 5.73 Å². The Morgan fingerprint density at radius 1 is 1.35 bits per heavy atom. The molecule has 90 valence electrons. The lowest BCUT2D eigenvalue weighted by Crippen LogP contribution is -2.17. The van der Waals surface area contributed by atoms with Crippen LogP contribution in [0.3, 0.4) is 0 Å². The predicted molar refractivity (Wildman–Crippen MR) is 62.9 cm³/mol. The highest BCUT2D eigenvalue weighted by Crippen LogP contribution is 2.19. The molecule has 0 spiro atoms. The molecule has 2 aromatic rings. The van der Waals surface area contributed by atoms with Crippen LogP contribution in [0.1, 0.15) is 17.3 Å². The van der Waals surface area contributed by atoms with Crippen molar-refractivity contribution in [3.8, 4) is 0 Å². The van der Waals surface area contributed by atoms with Crippen LogP contribution in [0.15, 0.2) is 30.6 Å². The number of nitrogens with two attached hydrogens (primary N) is 1. The Balaban J connectivity index is 2.17. The van der Waals surface area contributed by atoms with E-state index in [4.69, 9.17) is 5.73 Å². The average molecular weight is 234 g/mol. The molecule has 5 heteroatoms. The molecule has 0 bridgehead atoms. The second-order valence-corrected chi connectivity index (χ2v) is 3.99. The number of benzene rings is 1. The number of nitrogens with zero attached hydrogens (tertiary/aromatic N) is 3. The molecule has 2 rings (SSSR count). The van der Waals surface area contributed by atoms with Crippen LogP contribution in [0, 0.1) is 5.82 Å². The van der Waals surface area contributed by atoms with Crippen LogP contribution in [0.25, 0.3) is 0 Å². The zero-order chi connectivity index (χ0) is 12.3. The first-order valence-electron chi connectivity index (χ1n) is 5.49. The van der Waals surface area contributed by atoms with Gasteiger partial charge in [0.15, 0.2) is 0 Å². The Labute approximate surface area is 99.3 Å². The highest BCUT2D eigenvalue weighted by Gasteiger charge is 2.13. The summed E-state index contributed by atoms with van der Waals surface area (Å²) in [6.45, 7) is 0.499. The maximum Gasteiger partial charge on any atom is 0.138 e. The molecule has 0 radical (unpaired) electrons. The quantitative estimate of drug-likeness (QED) is 0.866. The molecule has 17 heavy (non-hydrogen) atoms. The molecule has 0 saturated carbocycles. The second kappa shape index (κ2) is 5.05. The van der Waals surface area contributed by atoms with Crippen molar-refractivity contribution < 1.29 is 4.39 Å². The van der Waals surface area contributed by atoms with E-state index in [9.17, 15) is 4.39 Å². The van der Waals surface area contributed by atoms with Gasteiger partial charge in [-0.05, 0) is 24.2 Å². The van der Waals surface area contributed by atoms with Crippen LogP contribution in [-0.2, 0) is 13.5 Å². The first kappa shape index (κ1) is 11.7. The van der Waals surface area contributed by atoms with E-state index in [0.717, 1.165) is 11.4 Å². The Bertz CT molecular complexity index is 478.